The molecule has 0 saturated carbocycles. The summed E-state index contributed by atoms with van der Waals surface area (Å²) in [6.07, 6.45) is 1.05. The highest BCUT2D eigenvalue weighted by Gasteiger charge is 2.26. The molecule has 0 amide bonds. The molecule has 0 aromatic carbocycles. The summed E-state index contributed by atoms with van der Waals surface area (Å²) in [5.41, 5.74) is 4.66. The van der Waals surface area contributed by atoms with Crippen molar-refractivity contribution in [2.45, 2.75) is 25.0 Å². The van der Waals surface area contributed by atoms with Gasteiger partial charge >= 0.3 is 0 Å². The van der Waals surface area contributed by atoms with Crippen molar-refractivity contribution in [3.05, 3.63) is 0 Å². The van der Waals surface area contributed by atoms with Crippen LogP contribution < -0.4 is 5.73 Å². The fourth-order valence-corrected chi connectivity index (χ4v) is 1.60. The summed E-state index contributed by atoms with van der Waals surface area (Å²) in [5, 5.41) is 9.75. The highest BCUT2D eigenvalue weighted by atomic mass is 16.5. The Morgan fingerprint density at radius 2 is 2.38 bits per heavy atom. The summed E-state index contributed by atoms with van der Waals surface area (Å²) in [5.74, 6) is 0. The fraction of sp³-hybridized carbons (Fsp3) is 1.00. The molecule has 78 valence electrons. The lowest BCUT2D eigenvalue weighted by atomic mass is 10.1. The van der Waals surface area contributed by atoms with Gasteiger partial charge in [-0.1, -0.05) is 0 Å². The molecule has 1 aliphatic rings. The van der Waals surface area contributed by atoms with E-state index >= 15 is 0 Å². The van der Waals surface area contributed by atoms with E-state index in [-0.39, 0.29) is 0 Å². The smallest absolute Gasteiger partial charge is 0.0867 e. The molecule has 0 aromatic rings. The first kappa shape index (κ1) is 10.9. The lowest BCUT2D eigenvalue weighted by Gasteiger charge is -2.31. The Balaban J connectivity index is 2.35. The Labute approximate surface area is 79.7 Å². The van der Waals surface area contributed by atoms with Crippen LogP contribution in [-0.2, 0) is 4.74 Å². The van der Waals surface area contributed by atoms with Crippen molar-refractivity contribution in [3.8, 4) is 0 Å². The Morgan fingerprint density at radius 3 is 2.85 bits per heavy atom. The van der Waals surface area contributed by atoms with E-state index in [0.717, 1.165) is 19.6 Å². The third-order valence-electron chi connectivity index (χ3n) is 2.56. The second-order valence-corrected chi connectivity index (χ2v) is 4.13. The molecule has 1 heterocycles. The molecule has 2 atom stereocenters. The van der Waals surface area contributed by atoms with Crippen molar-refractivity contribution >= 4 is 0 Å². The van der Waals surface area contributed by atoms with Crippen LogP contribution in [0.15, 0.2) is 0 Å². The quantitative estimate of drug-likeness (QED) is 0.619. The minimum absolute atomic E-state index is 0.297. The molecule has 2 unspecified atom stereocenters. The van der Waals surface area contributed by atoms with Gasteiger partial charge in [-0.05, 0) is 20.4 Å². The molecule has 4 heteroatoms. The maximum atomic E-state index is 9.75. The largest absolute Gasteiger partial charge is 0.388 e. The van der Waals surface area contributed by atoms with Crippen molar-refractivity contribution in [3.63, 3.8) is 0 Å². The van der Waals surface area contributed by atoms with Crippen molar-refractivity contribution in [2.75, 3.05) is 33.4 Å². The summed E-state index contributed by atoms with van der Waals surface area (Å²) in [6.45, 7) is 4.28. The SMILES string of the molecule is CN(CC(C)(O)CN)C1CCOC1. The number of likely N-dealkylation sites (N-methyl/N-ethyl adjacent to an activating group) is 1. The van der Waals surface area contributed by atoms with Gasteiger partial charge in [-0.3, -0.25) is 4.90 Å². The van der Waals surface area contributed by atoms with Gasteiger partial charge in [0.05, 0.1) is 12.2 Å². The Kier molecular flexibility index (Phi) is 3.67. The van der Waals surface area contributed by atoms with E-state index in [1.54, 1.807) is 6.92 Å². The fourth-order valence-electron chi connectivity index (χ4n) is 1.60. The van der Waals surface area contributed by atoms with E-state index in [1.165, 1.54) is 0 Å². The average molecular weight is 188 g/mol. The first-order valence-electron chi connectivity index (χ1n) is 4.75. The standard InChI is InChI=1S/C9H20N2O2/c1-9(12,6-10)7-11(2)8-3-4-13-5-8/h8,12H,3-7,10H2,1-2H3. The maximum absolute atomic E-state index is 9.75. The predicted molar refractivity (Wildman–Crippen MR) is 51.5 cm³/mol. The van der Waals surface area contributed by atoms with Crippen molar-refractivity contribution in [1.29, 1.82) is 0 Å². The molecule has 0 aromatic heterocycles. The first-order chi connectivity index (χ1) is 6.05. The summed E-state index contributed by atoms with van der Waals surface area (Å²) in [4.78, 5) is 2.12. The van der Waals surface area contributed by atoms with Gasteiger partial charge in [0.2, 0.25) is 0 Å². The zero-order valence-corrected chi connectivity index (χ0v) is 8.49. The summed E-state index contributed by atoms with van der Waals surface area (Å²) in [6, 6.07) is 0.443. The van der Waals surface area contributed by atoms with Gasteiger partial charge in [-0.25, -0.2) is 0 Å². The van der Waals surface area contributed by atoms with E-state index in [1.807, 2.05) is 7.05 Å². The third-order valence-corrected chi connectivity index (χ3v) is 2.56. The topological polar surface area (TPSA) is 58.7 Å². The van der Waals surface area contributed by atoms with E-state index in [9.17, 15) is 5.11 Å². The molecule has 0 aliphatic carbocycles. The van der Waals surface area contributed by atoms with Gasteiger partial charge in [0.25, 0.3) is 0 Å². The zero-order valence-electron chi connectivity index (χ0n) is 8.49. The van der Waals surface area contributed by atoms with E-state index in [0.29, 0.717) is 19.1 Å². The second kappa shape index (κ2) is 4.37. The zero-order chi connectivity index (χ0) is 9.90. The normalized spacial score (nSPS) is 27.9. The molecule has 0 spiro atoms. The van der Waals surface area contributed by atoms with Gasteiger partial charge in [0.1, 0.15) is 0 Å². The molecular formula is C9H20N2O2. The Hall–Kier alpha value is -0.160. The van der Waals surface area contributed by atoms with Crippen LogP contribution in [0.25, 0.3) is 0 Å². The van der Waals surface area contributed by atoms with Crippen LogP contribution in [-0.4, -0.2) is 55.0 Å². The van der Waals surface area contributed by atoms with Crippen molar-refractivity contribution in [1.82, 2.24) is 4.90 Å². The van der Waals surface area contributed by atoms with Crippen LogP contribution in [0.3, 0.4) is 0 Å². The number of hydrogen-bond donors (Lipinski definition) is 2. The molecule has 1 aliphatic heterocycles. The lowest BCUT2D eigenvalue weighted by molar-refractivity contribution is 0.0210. The van der Waals surface area contributed by atoms with Crippen LogP contribution in [0.1, 0.15) is 13.3 Å². The van der Waals surface area contributed by atoms with Gasteiger partial charge in [-0.15, -0.1) is 0 Å². The van der Waals surface area contributed by atoms with Crippen LogP contribution in [0, 0.1) is 0 Å². The number of nitrogens with zero attached hydrogens (tertiary/aromatic N) is 1. The minimum atomic E-state index is -0.780. The first-order valence-corrected chi connectivity index (χ1v) is 4.75. The molecule has 3 N–H and O–H groups in total. The monoisotopic (exact) mass is 188 g/mol. The molecule has 1 saturated heterocycles. The highest BCUT2D eigenvalue weighted by molar-refractivity contribution is 4.82. The van der Waals surface area contributed by atoms with Gasteiger partial charge in [-0.2, -0.15) is 0 Å². The summed E-state index contributed by atoms with van der Waals surface area (Å²) >= 11 is 0. The van der Waals surface area contributed by atoms with E-state index in [2.05, 4.69) is 4.90 Å². The number of ether oxygens (including phenoxy) is 1. The lowest BCUT2D eigenvalue weighted by Crippen LogP contribution is -2.48. The van der Waals surface area contributed by atoms with Gasteiger partial charge < -0.3 is 15.6 Å². The highest BCUT2D eigenvalue weighted by Crippen LogP contribution is 2.13. The third kappa shape index (κ3) is 3.23. The Morgan fingerprint density at radius 1 is 1.69 bits per heavy atom. The number of hydrogen-bond acceptors (Lipinski definition) is 4. The predicted octanol–water partition coefficient (Wildman–Crippen LogP) is -0.583. The van der Waals surface area contributed by atoms with Crippen LogP contribution in [0.2, 0.25) is 0 Å². The molecule has 0 bridgehead atoms. The van der Waals surface area contributed by atoms with E-state index < -0.39 is 5.60 Å². The molecule has 4 nitrogen and oxygen atoms in total. The minimum Gasteiger partial charge on any atom is -0.388 e. The number of aliphatic hydroxyl groups is 1. The maximum Gasteiger partial charge on any atom is 0.0867 e. The second-order valence-electron chi connectivity index (χ2n) is 4.13. The Bertz CT molecular complexity index is 156. The summed E-state index contributed by atoms with van der Waals surface area (Å²) < 4.78 is 5.27. The number of rotatable bonds is 4. The van der Waals surface area contributed by atoms with Crippen LogP contribution in [0.5, 0.6) is 0 Å². The van der Waals surface area contributed by atoms with Gasteiger partial charge in [0.15, 0.2) is 0 Å². The molecule has 13 heavy (non-hydrogen) atoms. The molecule has 1 fully saturated rings. The van der Waals surface area contributed by atoms with Crippen molar-refractivity contribution in [2.24, 2.45) is 5.73 Å². The van der Waals surface area contributed by atoms with E-state index in [4.69, 9.17) is 10.5 Å². The molecular weight excluding hydrogens is 168 g/mol. The molecule has 0 radical (unpaired) electrons. The van der Waals surface area contributed by atoms with Crippen molar-refractivity contribution < 1.29 is 9.84 Å². The average Bonchev–Trinajstić information content (AvgIpc) is 2.55. The van der Waals surface area contributed by atoms with Crippen LogP contribution in [0.4, 0.5) is 0 Å². The number of nitrogens with two attached hydrogens (primary N) is 1. The van der Waals surface area contributed by atoms with Crippen LogP contribution >= 0.6 is 0 Å². The summed E-state index contributed by atoms with van der Waals surface area (Å²) in [7, 11) is 2.00. The van der Waals surface area contributed by atoms with Gasteiger partial charge in [0, 0.05) is 25.7 Å². The molecule has 1 rings (SSSR count).